The Kier molecular flexibility index (Phi) is 1.48. The van der Waals surface area contributed by atoms with Crippen LogP contribution in [0.15, 0.2) is 12.4 Å². The Labute approximate surface area is 67.2 Å². The fourth-order valence-electron chi connectivity index (χ4n) is 1.74. The van der Waals surface area contributed by atoms with Gasteiger partial charge in [-0.2, -0.15) is 5.10 Å². The number of rotatable bonds is 2. The first-order valence-corrected chi connectivity index (χ1v) is 4.29. The SMILES string of the molecule is CCC1CC1c1cnn(C)c1. The van der Waals surface area contributed by atoms with Gasteiger partial charge in [-0.1, -0.05) is 13.3 Å². The van der Waals surface area contributed by atoms with E-state index in [1.165, 1.54) is 18.4 Å². The molecule has 1 aromatic rings. The standard InChI is InChI=1S/C9H14N2/c1-3-7-4-9(7)8-5-10-11(2)6-8/h5-7,9H,3-4H2,1-2H3. The molecule has 1 aliphatic rings. The van der Waals surface area contributed by atoms with Gasteiger partial charge in [-0.25, -0.2) is 0 Å². The first-order valence-electron chi connectivity index (χ1n) is 4.29. The van der Waals surface area contributed by atoms with Gasteiger partial charge >= 0.3 is 0 Å². The third-order valence-electron chi connectivity index (χ3n) is 2.60. The van der Waals surface area contributed by atoms with E-state index in [-0.39, 0.29) is 0 Å². The molecule has 0 N–H and O–H groups in total. The molecule has 60 valence electrons. The van der Waals surface area contributed by atoms with Gasteiger partial charge in [-0.3, -0.25) is 4.68 Å². The Morgan fingerprint density at radius 3 is 3.00 bits per heavy atom. The lowest BCUT2D eigenvalue weighted by molar-refractivity contribution is 0.758. The van der Waals surface area contributed by atoms with Crippen LogP contribution in [-0.4, -0.2) is 9.78 Å². The highest BCUT2D eigenvalue weighted by Gasteiger charge is 2.37. The van der Waals surface area contributed by atoms with Crippen molar-refractivity contribution >= 4 is 0 Å². The van der Waals surface area contributed by atoms with Crippen LogP contribution in [0.3, 0.4) is 0 Å². The van der Waals surface area contributed by atoms with Gasteiger partial charge in [0.1, 0.15) is 0 Å². The van der Waals surface area contributed by atoms with Crippen molar-refractivity contribution in [2.45, 2.75) is 25.7 Å². The highest BCUT2D eigenvalue weighted by atomic mass is 15.2. The summed E-state index contributed by atoms with van der Waals surface area (Å²) < 4.78 is 1.89. The molecule has 0 radical (unpaired) electrons. The molecule has 1 heterocycles. The molecule has 11 heavy (non-hydrogen) atoms. The molecule has 0 spiro atoms. The van der Waals surface area contributed by atoms with Crippen molar-refractivity contribution in [3.8, 4) is 0 Å². The molecule has 2 nitrogen and oxygen atoms in total. The van der Waals surface area contributed by atoms with Gasteiger partial charge in [0.05, 0.1) is 6.20 Å². The van der Waals surface area contributed by atoms with Crippen molar-refractivity contribution in [1.29, 1.82) is 0 Å². The van der Waals surface area contributed by atoms with Gasteiger partial charge in [0.2, 0.25) is 0 Å². The van der Waals surface area contributed by atoms with Gasteiger partial charge < -0.3 is 0 Å². The predicted molar refractivity (Wildman–Crippen MR) is 44.3 cm³/mol. The van der Waals surface area contributed by atoms with Gasteiger partial charge in [-0.15, -0.1) is 0 Å². The fraction of sp³-hybridized carbons (Fsp3) is 0.667. The van der Waals surface area contributed by atoms with Gasteiger partial charge in [0.25, 0.3) is 0 Å². The van der Waals surface area contributed by atoms with Crippen LogP contribution in [0.5, 0.6) is 0 Å². The van der Waals surface area contributed by atoms with Crippen molar-refractivity contribution in [3.63, 3.8) is 0 Å². The molecule has 0 bridgehead atoms. The van der Waals surface area contributed by atoms with Crippen molar-refractivity contribution in [2.24, 2.45) is 13.0 Å². The summed E-state index contributed by atoms with van der Waals surface area (Å²) in [7, 11) is 1.98. The van der Waals surface area contributed by atoms with Crippen LogP contribution in [0.25, 0.3) is 0 Å². The maximum atomic E-state index is 4.16. The fourth-order valence-corrected chi connectivity index (χ4v) is 1.74. The molecule has 1 aliphatic carbocycles. The molecule has 0 aromatic carbocycles. The molecule has 1 aromatic heterocycles. The topological polar surface area (TPSA) is 17.8 Å². The van der Waals surface area contributed by atoms with E-state index in [0.29, 0.717) is 0 Å². The Hall–Kier alpha value is -0.790. The molecule has 1 fully saturated rings. The van der Waals surface area contributed by atoms with E-state index >= 15 is 0 Å². The summed E-state index contributed by atoms with van der Waals surface area (Å²) in [5.74, 6) is 1.77. The van der Waals surface area contributed by atoms with E-state index < -0.39 is 0 Å². The average molecular weight is 150 g/mol. The van der Waals surface area contributed by atoms with Crippen molar-refractivity contribution in [1.82, 2.24) is 9.78 Å². The molecule has 0 saturated heterocycles. The molecule has 2 heteroatoms. The van der Waals surface area contributed by atoms with E-state index in [9.17, 15) is 0 Å². The highest BCUT2D eigenvalue weighted by molar-refractivity contribution is 5.19. The molecule has 2 atom stereocenters. The zero-order valence-electron chi connectivity index (χ0n) is 7.12. The summed E-state index contributed by atoms with van der Waals surface area (Å²) >= 11 is 0. The largest absolute Gasteiger partial charge is 0.276 e. The Balaban J connectivity index is 2.08. The van der Waals surface area contributed by atoms with Crippen LogP contribution >= 0.6 is 0 Å². The summed E-state index contributed by atoms with van der Waals surface area (Å²) in [6.45, 7) is 2.26. The third kappa shape index (κ3) is 1.17. The average Bonchev–Trinajstić information content (AvgIpc) is 2.68. The van der Waals surface area contributed by atoms with Crippen LogP contribution < -0.4 is 0 Å². The van der Waals surface area contributed by atoms with E-state index in [1.54, 1.807) is 0 Å². The molecule has 0 amide bonds. The van der Waals surface area contributed by atoms with Crippen LogP contribution in [0.1, 0.15) is 31.2 Å². The Morgan fingerprint density at radius 2 is 2.55 bits per heavy atom. The van der Waals surface area contributed by atoms with Crippen LogP contribution in [0.2, 0.25) is 0 Å². The second-order valence-electron chi connectivity index (χ2n) is 3.46. The molecule has 1 saturated carbocycles. The minimum atomic E-state index is 0.827. The minimum Gasteiger partial charge on any atom is -0.276 e. The zero-order valence-corrected chi connectivity index (χ0v) is 7.12. The predicted octanol–water partition coefficient (Wildman–Crippen LogP) is 1.93. The first-order chi connectivity index (χ1) is 5.31. The number of nitrogens with zero attached hydrogens (tertiary/aromatic N) is 2. The van der Waals surface area contributed by atoms with Crippen LogP contribution in [0, 0.1) is 5.92 Å². The van der Waals surface area contributed by atoms with E-state index in [2.05, 4.69) is 18.2 Å². The lowest BCUT2D eigenvalue weighted by Crippen LogP contribution is -1.84. The molecule has 2 rings (SSSR count). The summed E-state index contributed by atoms with van der Waals surface area (Å²) in [4.78, 5) is 0. The maximum Gasteiger partial charge on any atom is 0.0524 e. The third-order valence-corrected chi connectivity index (χ3v) is 2.60. The summed E-state index contributed by atoms with van der Waals surface area (Å²) in [6.07, 6.45) is 6.84. The maximum absolute atomic E-state index is 4.16. The number of aryl methyl sites for hydroxylation is 1. The second kappa shape index (κ2) is 2.36. The van der Waals surface area contributed by atoms with Crippen molar-refractivity contribution in [3.05, 3.63) is 18.0 Å². The monoisotopic (exact) mass is 150 g/mol. The van der Waals surface area contributed by atoms with Crippen LogP contribution in [0.4, 0.5) is 0 Å². The highest BCUT2D eigenvalue weighted by Crippen LogP contribution is 2.49. The lowest BCUT2D eigenvalue weighted by Gasteiger charge is -1.90. The van der Waals surface area contributed by atoms with Gasteiger partial charge in [0, 0.05) is 13.2 Å². The van der Waals surface area contributed by atoms with E-state index in [0.717, 1.165) is 11.8 Å². The summed E-state index contributed by atoms with van der Waals surface area (Å²) in [6, 6.07) is 0. The second-order valence-corrected chi connectivity index (χ2v) is 3.46. The molecular formula is C9H14N2. The van der Waals surface area contributed by atoms with Gasteiger partial charge in [0.15, 0.2) is 0 Å². The van der Waals surface area contributed by atoms with E-state index in [4.69, 9.17) is 0 Å². The quantitative estimate of drug-likeness (QED) is 0.630. The molecule has 2 unspecified atom stereocenters. The van der Waals surface area contributed by atoms with Crippen molar-refractivity contribution in [2.75, 3.05) is 0 Å². The van der Waals surface area contributed by atoms with Crippen molar-refractivity contribution < 1.29 is 0 Å². The number of hydrogen-bond acceptors (Lipinski definition) is 1. The van der Waals surface area contributed by atoms with Crippen LogP contribution in [-0.2, 0) is 7.05 Å². The molecular weight excluding hydrogens is 136 g/mol. The lowest BCUT2D eigenvalue weighted by atomic mass is 10.2. The zero-order chi connectivity index (χ0) is 7.84. The number of hydrogen-bond donors (Lipinski definition) is 0. The Morgan fingerprint density at radius 1 is 1.73 bits per heavy atom. The minimum absolute atomic E-state index is 0.827. The summed E-state index contributed by atoms with van der Waals surface area (Å²) in [5, 5.41) is 4.16. The normalized spacial score (nSPS) is 28.9. The van der Waals surface area contributed by atoms with Gasteiger partial charge in [-0.05, 0) is 23.8 Å². The Bertz CT molecular complexity index is 252. The van der Waals surface area contributed by atoms with E-state index in [1.807, 2.05) is 17.9 Å². The first kappa shape index (κ1) is 6.89. The summed E-state index contributed by atoms with van der Waals surface area (Å²) in [5.41, 5.74) is 1.43. The molecule has 0 aliphatic heterocycles. The number of aromatic nitrogens is 2. The smallest absolute Gasteiger partial charge is 0.0524 e.